The zero-order valence-electron chi connectivity index (χ0n) is 12.8. The van der Waals surface area contributed by atoms with Crippen LogP contribution in [0.1, 0.15) is 33.1 Å². The van der Waals surface area contributed by atoms with Crippen LogP contribution in [0.5, 0.6) is 0 Å². The Labute approximate surface area is 124 Å². The molecule has 0 saturated carbocycles. The molecule has 116 valence electrons. The molecule has 2 aromatic heterocycles. The Hall–Kier alpha value is -1.89. The number of hydrogen-bond acceptors (Lipinski definition) is 6. The second-order valence-corrected chi connectivity index (χ2v) is 4.85. The van der Waals surface area contributed by atoms with E-state index in [9.17, 15) is 0 Å². The topological polar surface area (TPSA) is 87.8 Å². The first-order valence-corrected chi connectivity index (χ1v) is 7.61. The van der Waals surface area contributed by atoms with Crippen LogP contribution >= 0.6 is 0 Å². The largest absolute Gasteiger partial charge is 0.381 e. The molecule has 0 spiro atoms. The summed E-state index contributed by atoms with van der Waals surface area (Å²) in [4.78, 5) is 8.91. The molecule has 0 amide bonds. The van der Waals surface area contributed by atoms with Crippen molar-refractivity contribution in [3.05, 3.63) is 6.20 Å². The van der Waals surface area contributed by atoms with E-state index in [1.165, 1.54) is 0 Å². The molecule has 0 saturated heterocycles. The number of aromatic amines is 1. The second-order valence-electron chi connectivity index (χ2n) is 4.85. The number of H-pyrrole nitrogens is 1. The minimum atomic E-state index is 0.623. The average molecular weight is 292 g/mol. The van der Waals surface area contributed by atoms with Crippen molar-refractivity contribution in [1.29, 1.82) is 0 Å². The molecule has 0 aliphatic rings. The Morgan fingerprint density at radius 2 is 2.00 bits per heavy atom. The van der Waals surface area contributed by atoms with Crippen molar-refractivity contribution < 1.29 is 4.74 Å². The van der Waals surface area contributed by atoms with Crippen LogP contribution in [0.25, 0.3) is 11.0 Å². The van der Waals surface area contributed by atoms with Crippen molar-refractivity contribution in [1.82, 2.24) is 20.2 Å². The fourth-order valence-corrected chi connectivity index (χ4v) is 1.91. The zero-order chi connectivity index (χ0) is 14.9. The molecule has 0 radical (unpaired) electrons. The summed E-state index contributed by atoms with van der Waals surface area (Å²) < 4.78 is 5.47. The fourth-order valence-electron chi connectivity index (χ4n) is 1.91. The fraction of sp³-hybridized carbons (Fsp3) is 0.643. The van der Waals surface area contributed by atoms with Crippen molar-refractivity contribution >= 4 is 22.8 Å². The Kier molecular flexibility index (Phi) is 6.21. The van der Waals surface area contributed by atoms with Gasteiger partial charge in [-0.15, -0.1) is 0 Å². The average Bonchev–Trinajstić information content (AvgIpc) is 2.97. The monoisotopic (exact) mass is 292 g/mol. The van der Waals surface area contributed by atoms with Gasteiger partial charge in [-0.25, -0.2) is 0 Å². The molecule has 0 atom stereocenters. The Morgan fingerprint density at radius 3 is 2.81 bits per heavy atom. The highest BCUT2D eigenvalue weighted by Crippen LogP contribution is 2.19. The lowest BCUT2D eigenvalue weighted by Crippen LogP contribution is -2.10. The summed E-state index contributed by atoms with van der Waals surface area (Å²) in [6.45, 7) is 7.47. The van der Waals surface area contributed by atoms with Crippen LogP contribution in [0.2, 0.25) is 0 Å². The number of anilines is 2. The highest BCUT2D eigenvalue weighted by molar-refractivity contribution is 5.86. The smallest absolute Gasteiger partial charge is 0.226 e. The van der Waals surface area contributed by atoms with Gasteiger partial charge in [0.2, 0.25) is 5.95 Å². The minimum absolute atomic E-state index is 0.623. The lowest BCUT2D eigenvalue weighted by molar-refractivity contribution is 0.134. The van der Waals surface area contributed by atoms with Gasteiger partial charge in [-0.3, -0.25) is 5.10 Å². The van der Waals surface area contributed by atoms with Crippen LogP contribution in [-0.4, -0.2) is 46.5 Å². The van der Waals surface area contributed by atoms with Crippen molar-refractivity contribution in [3.8, 4) is 0 Å². The molecule has 0 fully saturated rings. The Morgan fingerprint density at radius 1 is 1.10 bits per heavy atom. The lowest BCUT2D eigenvalue weighted by Gasteiger charge is -2.09. The van der Waals surface area contributed by atoms with E-state index in [1.54, 1.807) is 6.20 Å². The molecule has 7 heteroatoms. The third-order valence-electron chi connectivity index (χ3n) is 2.95. The third kappa shape index (κ3) is 4.56. The molecule has 0 bridgehead atoms. The van der Waals surface area contributed by atoms with E-state index >= 15 is 0 Å². The van der Waals surface area contributed by atoms with Gasteiger partial charge in [-0.2, -0.15) is 15.1 Å². The highest BCUT2D eigenvalue weighted by Gasteiger charge is 2.08. The van der Waals surface area contributed by atoms with Gasteiger partial charge in [0.1, 0.15) is 5.82 Å². The molecule has 0 aliphatic heterocycles. The molecule has 7 nitrogen and oxygen atoms in total. The summed E-state index contributed by atoms with van der Waals surface area (Å²) in [6, 6.07) is 0. The molecule has 2 aromatic rings. The molecule has 0 aromatic carbocycles. The highest BCUT2D eigenvalue weighted by atomic mass is 16.5. The normalized spacial score (nSPS) is 11.0. The van der Waals surface area contributed by atoms with E-state index in [1.807, 2.05) is 0 Å². The summed E-state index contributed by atoms with van der Waals surface area (Å²) in [5.41, 5.74) is 0.744. The standard InChI is InChI=1S/C14H24N6O/c1-3-6-16-14-18-12(11-10-17-20-13(11)19-14)15-7-5-9-21-8-4-2/h10H,3-9H2,1-2H3,(H3,15,16,17,18,19,20). The maximum absolute atomic E-state index is 5.47. The van der Waals surface area contributed by atoms with Gasteiger partial charge >= 0.3 is 0 Å². The van der Waals surface area contributed by atoms with Crippen LogP contribution in [0.3, 0.4) is 0 Å². The van der Waals surface area contributed by atoms with Gasteiger partial charge in [-0.05, 0) is 19.3 Å². The van der Waals surface area contributed by atoms with Gasteiger partial charge in [-0.1, -0.05) is 13.8 Å². The maximum atomic E-state index is 5.47. The molecular weight excluding hydrogens is 268 g/mol. The summed E-state index contributed by atoms with van der Waals surface area (Å²) in [7, 11) is 0. The quantitative estimate of drug-likeness (QED) is 0.583. The predicted molar refractivity (Wildman–Crippen MR) is 84.7 cm³/mol. The van der Waals surface area contributed by atoms with Crippen molar-refractivity contribution in [3.63, 3.8) is 0 Å². The van der Waals surface area contributed by atoms with Gasteiger partial charge in [0, 0.05) is 26.3 Å². The first-order chi connectivity index (χ1) is 10.3. The van der Waals surface area contributed by atoms with E-state index in [-0.39, 0.29) is 0 Å². The van der Waals surface area contributed by atoms with E-state index in [0.717, 1.165) is 62.4 Å². The number of fused-ring (bicyclic) bond motifs is 1. The predicted octanol–water partition coefficient (Wildman–Crippen LogP) is 2.40. The van der Waals surface area contributed by atoms with Gasteiger partial charge in [0.05, 0.1) is 11.6 Å². The number of aromatic nitrogens is 4. The van der Waals surface area contributed by atoms with Gasteiger partial charge < -0.3 is 15.4 Å². The van der Waals surface area contributed by atoms with E-state index in [2.05, 4.69) is 44.6 Å². The van der Waals surface area contributed by atoms with Crippen molar-refractivity contribution in [2.24, 2.45) is 0 Å². The zero-order valence-corrected chi connectivity index (χ0v) is 12.8. The molecule has 0 unspecified atom stereocenters. The Balaban J connectivity index is 1.95. The number of rotatable bonds is 10. The summed E-state index contributed by atoms with van der Waals surface area (Å²) in [5, 5.41) is 14.4. The molecular formula is C14H24N6O. The second kappa shape index (κ2) is 8.41. The number of hydrogen-bond donors (Lipinski definition) is 3. The van der Waals surface area contributed by atoms with Gasteiger partial charge in [0.15, 0.2) is 5.65 Å². The summed E-state index contributed by atoms with van der Waals surface area (Å²) >= 11 is 0. The van der Waals surface area contributed by atoms with E-state index < -0.39 is 0 Å². The summed E-state index contributed by atoms with van der Waals surface area (Å²) in [6.07, 6.45) is 4.78. The number of nitrogens with zero attached hydrogens (tertiary/aromatic N) is 3. The van der Waals surface area contributed by atoms with Gasteiger partial charge in [0.25, 0.3) is 0 Å². The molecule has 21 heavy (non-hydrogen) atoms. The van der Waals surface area contributed by atoms with Crippen LogP contribution in [0.15, 0.2) is 6.20 Å². The van der Waals surface area contributed by atoms with E-state index in [4.69, 9.17) is 4.74 Å². The van der Waals surface area contributed by atoms with Crippen LogP contribution in [0.4, 0.5) is 11.8 Å². The van der Waals surface area contributed by atoms with Crippen LogP contribution < -0.4 is 10.6 Å². The number of ether oxygens (including phenoxy) is 1. The molecule has 0 aliphatic carbocycles. The maximum Gasteiger partial charge on any atom is 0.226 e. The first-order valence-electron chi connectivity index (χ1n) is 7.61. The SMILES string of the molecule is CCCNc1nc(NCCCOCCC)c2cn[nH]c2n1. The molecule has 3 N–H and O–H groups in total. The third-order valence-corrected chi connectivity index (χ3v) is 2.95. The van der Waals surface area contributed by atoms with Crippen molar-refractivity contribution in [2.45, 2.75) is 33.1 Å². The van der Waals surface area contributed by atoms with Crippen LogP contribution in [0, 0.1) is 0 Å². The van der Waals surface area contributed by atoms with Crippen LogP contribution in [-0.2, 0) is 4.74 Å². The molecule has 2 heterocycles. The lowest BCUT2D eigenvalue weighted by atomic mass is 10.3. The summed E-state index contributed by atoms with van der Waals surface area (Å²) in [5.74, 6) is 1.43. The minimum Gasteiger partial charge on any atom is -0.381 e. The van der Waals surface area contributed by atoms with Crippen molar-refractivity contribution in [2.75, 3.05) is 36.9 Å². The molecule has 2 rings (SSSR count). The first kappa shape index (κ1) is 15.5. The van der Waals surface area contributed by atoms with E-state index in [0.29, 0.717) is 5.95 Å². The number of nitrogens with one attached hydrogen (secondary N) is 3. The Bertz CT molecular complexity index is 541.